The second-order valence-electron chi connectivity index (χ2n) is 9.10. The molecule has 0 saturated heterocycles. The minimum atomic E-state index is 1.09. The third kappa shape index (κ3) is 3.64. The summed E-state index contributed by atoms with van der Waals surface area (Å²) in [6.07, 6.45) is 0. The Morgan fingerprint density at radius 3 is 2.03 bits per heavy atom. The average molecular weight is 478 g/mol. The summed E-state index contributed by atoms with van der Waals surface area (Å²) in [5.41, 5.74) is 7.12. The highest BCUT2D eigenvalue weighted by atomic mass is 32.1. The van der Waals surface area contributed by atoms with Crippen molar-refractivity contribution in [2.75, 3.05) is 5.32 Å². The summed E-state index contributed by atoms with van der Waals surface area (Å²) in [4.78, 5) is 0. The molecular weight excluding hydrogens is 454 g/mol. The van der Waals surface area contributed by atoms with Crippen LogP contribution in [0.15, 0.2) is 133 Å². The van der Waals surface area contributed by atoms with E-state index in [1.54, 1.807) is 0 Å². The Hall–Kier alpha value is -4.40. The number of fused-ring (bicyclic) bond motifs is 5. The highest BCUT2D eigenvalue weighted by Crippen LogP contribution is 2.42. The second kappa shape index (κ2) is 8.67. The molecule has 0 spiro atoms. The number of thiophene rings is 1. The molecule has 0 atom stereocenters. The monoisotopic (exact) mass is 477 g/mol. The van der Waals surface area contributed by atoms with Crippen LogP contribution >= 0.6 is 11.3 Å². The summed E-state index contributed by atoms with van der Waals surface area (Å²) in [6, 6.07) is 47.8. The van der Waals surface area contributed by atoms with Crippen molar-refractivity contribution in [1.82, 2.24) is 0 Å². The molecule has 0 aliphatic rings. The van der Waals surface area contributed by atoms with Crippen LogP contribution in [0.4, 0.5) is 11.4 Å². The number of rotatable bonds is 4. The number of benzene rings is 6. The summed E-state index contributed by atoms with van der Waals surface area (Å²) >= 11 is 1.86. The summed E-state index contributed by atoms with van der Waals surface area (Å²) in [6.45, 7) is 0. The van der Waals surface area contributed by atoms with Crippen LogP contribution in [0.1, 0.15) is 0 Å². The van der Waals surface area contributed by atoms with Crippen LogP contribution in [0.2, 0.25) is 0 Å². The maximum absolute atomic E-state index is 3.72. The predicted molar refractivity (Wildman–Crippen MR) is 157 cm³/mol. The zero-order valence-electron chi connectivity index (χ0n) is 19.6. The number of nitrogens with one attached hydrogen (secondary N) is 1. The molecule has 0 radical (unpaired) electrons. The van der Waals surface area contributed by atoms with E-state index in [1.807, 2.05) is 11.3 Å². The highest BCUT2D eigenvalue weighted by molar-refractivity contribution is 7.26. The third-order valence-electron chi connectivity index (χ3n) is 6.83. The minimum absolute atomic E-state index is 1.09. The zero-order chi connectivity index (χ0) is 23.9. The Bertz CT molecular complexity index is 1860. The molecule has 1 N–H and O–H groups in total. The molecule has 7 aromatic rings. The molecule has 0 amide bonds. The molecule has 1 heterocycles. The maximum atomic E-state index is 3.72. The Morgan fingerprint density at radius 2 is 1.14 bits per heavy atom. The summed E-state index contributed by atoms with van der Waals surface area (Å²) < 4.78 is 2.62. The molecule has 0 aliphatic carbocycles. The fraction of sp³-hybridized carbons (Fsp3) is 0. The van der Waals surface area contributed by atoms with E-state index in [9.17, 15) is 0 Å². The number of anilines is 2. The second-order valence-corrected chi connectivity index (χ2v) is 10.1. The first-order chi connectivity index (χ1) is 17.8. The van der Waals surface area contributed by atoms with E-state index in [2.05, 4.69) is 139 Å². The lowest BCUT2D eigenvalue weighted by Crippen LogP contribution is -1.91. The highest BCUT2D eigenvalue weighted by Gasteiger charge is 2.12. The van der Waals surface area contributed by atoms with Gasteiger partial charge in [-0.15, -0.1) is 11.3 Å². The van der Waals surface area contributed by atoms with Gasteiger partial charge >= 0.3 is 0 Å². The Kier molecular flexibility index (Phi) is 5.04. The zero-order valence-corrected chi connectivity index (χ0v) is 20.4. The molecule has 2 heteroatoms. The SMILES string of the molecule is c1ccc(-c2cccc(-c3cccc(Nc4cccc5c4sc4ccc6ccccc6c45)c3)c2)cc1. The molecule has 170 valence electrons. The van der Waals surface area contributed by atoms with Crippen LogP contribution in [-0.4, -0.2) is 0 Å². The molecule has 7 rings (SSSR count). The van der Waals surface area contributed by atoms with Gasteiger partial charge in [-0.3, -0.25) is 0 Å². The fourth-order valence-electron chi connectivity index (χ4n) is 5.11. The van der Waals surface area contributed by atoms with Gasteiger partial charge in [-0.25, -0.2) is 0 Å². The van der Waals surface area contributed by atoms with E-state index in [1.165, 1.54) is 53.2 Å². The van der Waals surface area contributed by atoms with Gasteiger partial charge in [0.1, 0.15) is 0 Å². The molecular formula is C34H23NS. The molecule has 0 aliphatic heterocycles. The molecule has 1 aromatic heterocycles. The van der Waals surface area contributed by atoms with Gasteiger partial charge in [-0.05, 0) is 63.4 Å². The number of hydrogen-bond acceptors (Lipinski definition) is 2. The predicted octanol–water partition coefficient (Wildman–Crippen LogP) is 10.3. The molecule has 0 bridgehead atoms. The van der Waals surface area contributed by atoms with E-state index < -0.39 is 0 Å². The van der Waals surface area contributed by atoms with E-state index >= 15 is 0 Å². The van der Waals surface area contributed by atoms with Crippen LogP contribution < -0.4 is 5.32 Å². The topological polar surface area (TPSA) is 12.0 Å². The van der Waals surface area contributed by atoms with Gasteiger partial charge < -0.3 is 5.32 Å². The fourth-order valence-corrected chi connectivity index (χ4v) is 6.29. The molecule has 0 saturated carbocycles. The van der Waals surface area contributed by atoms with Crippen LogP contribution in [-0.2, 0) is 0 Å². The quantitative estimate of drug-likeness (QED) is 0.266. The van der Waals surface area contributed by atoms with Crippen molar-refractivity contribution in [3.05, 3.63) is 133 Å². The van der Waals surface area contributed by atoms with Gasteiger partial charge in [0.05, 0.1) is 10.4 Å². The van der Waals surface area contributed by atoms with Gasteiger partial charge in [0.15, 0.2) is 0 Å². The standard InChI is InChI=1S/C34H23NS/c1-2-9-23(10-3-1)25-12-6-13-26(21-25)27-14-7-15-28(22-27)35-31-18-8-17-30-33-29-16-5-4-11-24(29)19-20-32(33)36-34(30)31/h1-22,35H. The van der Waals surface area contributed by atoms with Crippen LogP contribution in [0.3, 0.4) is 0 Å². The summed E-state index contributed by atoms with van der Waals surface area (Å²) in [5, 5.41) is 8.99. The van der Waals surface area contributed by atoms with Gasteiger partial charge in [0, 0.05) is 21.2 Å². The van der Waals surface area contributed by atoms with Crippen LogP contribution in [0.5, 0.6) is 0 Å². The first-order valence-corrected chi connectivity index (χ1v) is 13.0. The average Bonchev–Trinajstić information content (AvgIpc) is 3.34. The van der Waals surface area contributed by atoms with Gasteiger partial charge in [0.25, 0.3) is 0 Å². The Labute approximate surface area is 214 Å². The molecule has 1 nitrogen and oxygen atoms in total. The van der Waals surface area contributed by atoms with Crippen molar-refractivity contribution in [2.45, 2.75) is 0 Å². The molecule has 0 unspecified atom stereocenters. The van der Waals surface area contributed by atoms with Crippen molar-refractivity contribution in [2.24, 2.45) is 0 Å². The van der Waals surface area contributed by atoms with Crippen molar-refractivity contribution >= 4 is 53.7 Å². The van der Waals surface area contributed by atoms with Gasteiger partial charge in [-0.2, -0.15) is 0 Å². The van der Waals surface area contributed by atoms with Crippen molar-refractivity contribution in [1.29, 1.82) is 0 Å². The summed E-state index contributed by atoms with van der Waals surface area (Å²) in [7, 11) is 0. The molecule has 0 fully saturated rings. The smallest absolute Gasteiger partial charge is 0.0590 e. The molecule has 36 heavy (non-hydrogen) atoms. The lowest BCUT2D eigenvalue weighted by atomic mass is 9.99. The maximum Gasteiger partial charge on any atom is 0.0590 e. The lowest BCUT2D eigenvalue weighted by molar-refractivity contribution is 1.56. The van der Waals surface area contributed by atoms with Crippen molar-refractivity contribution in [3.63, 3.8) is 0 Å². The third-order valence-corrected chi connectivity index (χ3v) is 8.04. The van der Waals surface area contributed by atoms with Gasteiger partial charge in [0.2, 0.25) is 0 Å². The van der Waals surface area contributed by atoms with E-state index in [4.69, 9.17) is 0 Å². The van der Waals surface area contributed by atoms with E-state index in [0.29, 0.717) is 0 Å². The molecule has 6 aromatic carbocycles. The van der Waals surface area contributed by atoms with Gasteiger partial charge in [-0.1, -0.05) is 103 Å². The first-order valence-electron chi connectivity index (χ1n) is 12.2. The van der Waals surface area contributed by atoms with Crippen LogP contribution in [0.25, 0.3) is 53.2 Å². The Balaban J connectivity index is 1.28. The Morgan fingerprint density at radius 1 is 0.472 bits per heavy atom. The van der Waals surface area contributed by atoms with E-state index in [-0.39, 0.29) is 0 Å². The number of hydrogen-bond donors (Lipinski definition) is 1. The first kappa shape index (κ1) is 20.9. The normalized spacial score (nSPS) is 11.3. The largest absolute Gasteiger partial charge is 0.354 e. The van der Waals surface area contributed by atoms with Crippen molar-refractivity contribution < 1.29 is 0 Å². The van der Waals surface area contributed by atoms with Crippen LogP contribution in [0, 0.1) is 0 Å². The summed E-state index contributed by atoms with van der Waals surface area (Å²) in [5.74, 6) is 0. The van der Waals surface area contributed by atoms with Crippen molar-refractivity contribution in [3.8, 4) is 22.3 Å². The lowest BCUT2D eigenvalue weighted by Gasteiger charge is -2.11. The van der Waals surface area contributed by atoms with E-state index in [0.717, 1.165) is 11.4 Å². The minimum Gasteiger partial charge on any atom is -0.354 e.